The second-order valence-electron chi connectivity index (χ2n) is 11.1. The number of hydrogen-bond donors (Lipinski definition) is 2. The van der Waals surface area contributed by atoms with E-state index in [4.69, 9.17) is 0 Å². The summed E-state index contributed by atoms with van der Waals surface area (Å²) < 4.78 is 0. The van der Waals surface area contributed by atoms with Crippen molar-refractivity contribution < 1.29 is 9.90 Å². The summed E-state index contributed by atoms with van der Waals surface area (Å²) >= 11 is 0. The Hall–Kier alpha value is -0.670. The Morgan fingerprint density at radius 1 is 0.963 bits per heavy atom. The van der Waals surface area contributed by atoms with Crippen LogP contribution in [-0.4, -0.2) is 29.6 Å². The third kappa shape index (κ3) is 2.56. The van der Waals surface area contributed by atoms with Crippen molar-refractivity contribution in [2.24, 2.45) is 40.4 Å². The third-order valence-corrected chi connectivity index (χ3v) is 10.0. The molecule has 0 aromatic carbocycles. The minimum absolute atomic E-state index is 0.0469. The fourth-order valence-electron chi connectivity index (χ4n) is 7.99. The molecule has 4 saturated carbocycles. The van der Waals surface area contributed by atoms with Crippen LogP contribution in [0.4, 0.5) is 0 Å². The van der Waals surface area contributed by atoms with Gasteiger partial charge in [0, 0.05) is 30.8 Å². The molecule has 2 N–H and O–H groups in total. The smallest absolute Gasteiger partial charge is 0.139 e. The second-order valence-corrected chi connectivity index (χ2v) is 11.1. The highest BCUT2D eigenvalue weighted by atomic mass is 16.3. The molecule has 4 aliphatic carbocycles. The molecular weight excluding hydrogens is 334 g/mol. The van der Waals surface area contributed by atoms with Gasteiger partial charge in [-0.05, 0) is 80.5 Å². The van der Waals surface area contributed by atoms with E-state index < -0.39 is 5.60 Å². The average Bonchev–Trinajstić information content (AvgIpc) is 2.90. The Balaban J connectivity index is 1.36. The van der Waals surface area contributed by atoms with E-state index >= 15 is 0 Å². The molecule has 0 spiro atoms. The van der Waals surface area contributed by atoms with Crippen LogP contribution in [0.25, 0.3) is 0 Å². The molecule has 150 valence electrons. The van der Waals surface area contributed by atoms with Gasteiger partial charge in [0.05, 0.1) is 5.60 Å². The molecule has 7 atom stereocenters. The number of ketones is 1. The molecule has 3 heteroatoms. The van der Waals surface area contributed by atoms with E-state index in [0.717, 1.165) is 64.5 Å². The van der Waals surface area contributed by atoms with E-state index in [2.05, 4.69) is 31.3 Å². The van der Waals surface area contributed by atoms with Crippen LogP contribution in [0.5, 0.6) is 0 Å². The van der Waals surface area contributed by atoms with Gasteiger partial charge in [0.25, 0.3) is 0 Å². The predicted molar refractivity (Wildman–Crippen MR) is 107 cm³/mol. The normalized spacial score (nSPS) is 52.9. The Bertz CT molecular complexity index is 655. The van der Waals surface area contributed by atoms with Gasteiger partial charge in [-0.1, -0.05) is 26.0 Å². The molecule has 3 nitrogen and oxygen atoms in total. The van der Waals surface area contributed by atoms with Crippen molar-refractivity contribution in [3.05, 3.63) is 12.2 Å². The number of carbonyl (C=O) groups excluding carboxylic acids is 1. The third-order valence-electron chi connectivity index (χ3n) is 10.0. The minimum atomic E-state index is -0.504. The first-order valence-electron chi connectivity index (χ1n) is 11.5. The number of aliphatic hydroxyl groups is 1. The lowest BCUT2D eigenvalue weighted by atomic mass is 9.43. The molecule has 0 amide bonds. The van der Waals surface area contributed by atoms with Crippen LogP contribution in [0.3, 0.4) is 0 Å². The summed E-state index contributed by atoms with van der Waals surface area (Å²) in [6.07, 6.45) is 14.3. The molecule has 2 unspecified atom stereocenters. The van der Waals surface area contributed by atoms with Crippen molar-refractivity contribution in [3.63, 3.8) is 0 Å². The zero-order valence-electron chi connectivity index (χ0n) is 17.2. The monoisotopic (exact) mass is 371 g/mol. The molecule has 27 heavy (non-hydrogen) atoms. The molecule has 1 aliphatic heterocycles. The molecule has 1 heterocycles. The van der Waals surface area contributed by atoms with Crippen LogP contribution in [0.15, 0.2) is 12.2 Å². The fourth-order valence-corrected chi connectivity index (χ4v) is 7.99. The van der Waals surface area contributed by atoms with Gasteiger partial charge in [0.15, 0.2) is 0 Å². The van der Waals surface area contributed by atoms with Crippen LogP contribution in [0.2, 0.25) is 0 Å². The lowest BCUT2D eigenvalue weighted by Crippen LogP contribution is -2.62. The van der Waals surface area contributed by atoms with Crippen LogP contribution in [-0.2, 0) is 4.79 Å². The van der Waals surface area contributed by atoms with E-state index in [1.54, 1.807) is 0 Å². The zero-order chi connectivity index (χ0) is 18.9. The highest BCUT2D eigenvalue weighted by Gasteiger charge is 2.64. The van der Waals surface area contributed by atoms with Crippen molar-refractivity contribution in [1.82, 2.24) is 5.32 Å². The van der Waals surface area contributed by atoms with E-state index in [-0.39, 0.29) is 10.8 Å². The number of carbonyl (C=O) groups is 1. The lowest BCUT2D eigenvalue weighted by Gasteiger charge is -2.63. The van der Waals surface area contributed by atoms with Gasteiger partial charge in [-0.15, -0.1) is 0 Å². The average molecular weight is 372 g/mol. The van der Waals surface area contributed by atoms with E-state index in [1.807, 2.05) is 0 Å². The highest BCUT2D eigenvalue weighted by Crippen LogP contribution is 2.67. The van der Waals surface area contributed by atoms with Gasteiger partial charge >= 0.3 is 0 Å². The van der Waals surface area contributed by atoms with Crippen molar-refractivity contribution in [3.8, 4) is 0 Å². The lowest BCUT2D eigenvalue weighted by molar-refractivity contribution is -0.207. The van der Waals surface area contributed by atoms with Crippen molar-refractivity contribution in [2.75, 3.05) is 13.1 Å². The molecule has 1 saturated heterocycles. The molecule has 0 radical (unpaired) electrons. The van der Waals surface area contributed by atoms with Gasteiger partial charge in [0.2, 0.25) is 0 Å². The maximum Gasteiger partial charge on any atom is 0.139 e. The highest BCUT2D eigenvalue weighted by molar-refractivity contribution is 5.87. The molecule has 5 fully saturated rings. The van der Waals surface area contributed by atoms with E-state index in [1.165, 1.54) is 6.42 Å². The van der Waals surface area contributed by atoms with E-state index in [9.17, 15) is 9.90 Å². The Morgan fingerprint density at radius 2 is 1.74 bits per heavy atom. The topological polar surface area (TPSA) is 49.3 Å². The molecule has 5 aliphatic rings. The number of hydrogen-bond acceptors (Lipinski definition) is 3. The predicted octanol–water partition coefficient (Wildman–Crippen LogP) is 4.10. The summed E-state index contributed by atoms with van der Waals surface area (Å²) in [6, 6.07) is 0. The van der Waals surface area contributed by atoms with Gasteiger partial charge in [-0.2, -0.15) is 0 Å². The van der Waals surface area contributed by atoms with Crippen LogP contribution < -0.4 is 5.32 Å². The second kappa shape index (κ2) is 6.16. The van der Waals surface area contributed by atoms with Gasteiger partial charge in [-0.3, -0.25) is 4.79 Å². The van der Waals surface area contributed by atoms with Gasteiger partial charge < -0.3 is 10.4 Å². The summed E-state index contributed by atoms with van der Waals surface area (Å²) in [5.74, 6) is 3.63. The van der Waals surface area contributed by atoms with E-state index in [0.29, 0.717) is 35.4 Å². The van der Waals surface area contributed by atoms with Crippen LogP contribution in [0, 0.1) is 40.4 Å². The summed E-state index contributed by atoms with van der Waals surface area (Å²) in [4.78, 5) is 12.6. The summed E-state index contributed by atoms with van der Waals surface area (Å²) in [6.45, 7) is 6.89. The summed E-state index contributed by atoms with van der Waals surface area (Å²) in [5, 5.41) is 15.2. The van der Waals surface area contributed by atoms with Gasteiger partial charge in [0.1, 0.15) is 5.78 Å². The summed E-state index contributed by atoms with van der Waals surface area (Å²) in [5.41, 5.74) is -0.509. The number of rotatable bonds is 2. The molecule has 0 bridgehead atoms. The standard InChI is InChI=1S/C24H37NO2/c1-22-10-9-20-18(19(22)5-6-21(22)26)8-12-24(27)13-16(7-11-23(20,24)2)3-4-17-14-25-15-17/h3-4,16-20,25,27H,5-15H2,1-2H3/t16?,18-,19-,20+,22-,23+,24?/m0/s1. The first kappa shape index (κ1) is 18.4. The number of allylic oxidation sites excluding steroid dienone is 1. The maximum absolute atomic E-state index is 12.6. The molecule has 0 aromatic rings. The number of fused-ring (bicyclic) bond motifs is 5. The van der Waals surface area contributed by atoms with Crippen molar-refractivity contribution in [1.29, 1.82) is 0 Å². The Kier molecular flexibility index (Phi) is 4.19. The zero-order valence-corrected chi connectivity index (χ0v) is 17.2. The fraction of sp³-hybridized carbons (Fsp3) is 0.875. The largest absolute Gasteiger partial charge is 0.389 e. The Morgan fingerprint density at radius 3 is 2.48 bits per heavy atom. The quantitative estimate of drug-likeness (QED) is 0.718. The van der Waals surface area contributed by atoms with Crippen LogP contribution in [0.1, 0.15) is 71.6 Å². The SMILES string of the molecule is C[C@]12CC[C@@H]3[C@@H](CCC4(O)CC(C=CC5CNC5)CC[C@]34C)[C@@H]1CCC2=O. The minimum Gasteiger partial charge on any atom is -0.389 e. The maximum atomic E-state index is 12.6. The van der Waals surface area contributed by atoms with Gasteiger partial charge in [-0.25, -0.2) is 0 Å². The molecule has 5 rings (SSSR count). The number of Topliss-reactive ketones (excluding diaryl/α,β-unsaturated/α-hetero) is 1. The van der Waals surface area contributed by atoms with Crippen molar-refractivity contribution >= 4 is 5.78 Å². The molecule has 0 aromatic heterocycles. The van der Waals surface area contributed by atoms with Crippen LogP contribution >= 0.6 is 0 Å². The first-order chi connectivity index (χ1) is 12.9. The first-order valence-corrected chi connectivity index (χ1v) is 11.5. The Labute approximate surface area is 164 Å². The molecular formula is C24H37NO2. The summed E-state index contributed by atoms with van der Waals surface area (Å²) in [7, 11) is 0. The number of nitrogens with one attached hydrogen (secondary N) is 1. The van der Waals surface area contributed by atoms with Crippen molar-refractivity contribution in [2.45, 2.75) is 77.2 Å².